The van der Waals surface area contributed by atoms with Crippen LogP contribution in [0.25, 0.3) is 0 Å². The number of hydrogen-bond donors (Lipinski definition) is 1. The Hall–Kier alpha value is -1.32. The maximum absolute atomic E-state index is 6.28. The van der Waals surface area contributed by atoms with Crippen molar-refractivity contribution in [2.75, 3.05) is 0 Å². The molecule has 2 N–H and O–H groups in total. The van der Waals surface area contributed by atoms with Crippen molar-refractivity contribution >= 4 is 11.6 Å². The van der Waals surface area contributed by atoms with Gasteiger partial charge in [-0.1, -0.05) is 23.7 Å². The maximum atomic E-state index is 6.28. The Morgan fingerprint density at radius 3 is 2.53 bits per heavy atom. The zero-order chi connectivity index (χ0) is 14.2. The van der Waals surface area contributed by atoms with Crippen molar-refractivity contribution in [2.24, 2.45) is 5.73 Å². The molecular formula is C15H20ClN3. The zero-order valence-corrected chi connectivity index (χ0v) is 12.6. The van der Waals surface area contributed by atoms with Gasteiger partial charge in [0.15, 0.2) is 0 Å². The zero-order valence-electron chi connectivity index (χ0n) is 11.9. The summed E-state index contributed by atoms with van der Waals surface area (Å²) >= 11 is 6.28. The van der Waals surface area contributed by atoms with Crippen LogP contribution < -0.4 is 5.73 Å². The van der Waals surface area contributed by atoms with E-state index in [2.05, 4.69) is 24.2 Å². The third-order valence-electron chi connectivity index (χ3n) is 3.42. The molecule has 1 heterocycles. The van der Waals surface area contributed by atoms with Crippen molar-refractivity contribution in [1.82, 2.24) is 9.78 Å². The van der Waals surface area contributed by atoms with E-state index >= 15 is 0 Å². The van der Waals surface area contributed by atoms with E-state index in [1.54, 1.807) is 0 Å². The molecule has 2 aromatic rings. The molecule has 1 aromatic carbocycles. The fraction of sp³-hybridized carbons (Fsp3) is 0.400. The predicted octanol–water partition coefficient (Wildman–Crippen LogP) is 3.53. The monoisotopic (exact) mass is 277 g/mol. The van der Waals surface area contributed by atoms with E-state index in [4.69, 9.17) is 17.3 Å². The molecule has 0 fully saturated rings. The molecular weight excluding hydrogens is 258 g/mol. The summed E-state index contributed by atoms with van der Waals surface area (Å²) < 4.78 is 1.98. The van der Waals surface area contributed by atoms with Crippen molar-refractivity contribution in [3.8, 4) is 0 Å². The third kappa shape index (κ3) is 2.82. The van der Waals surface area contributed by atoms with Crippen molar-refractivity contribution in [3.63, 3.8) is 0 Å². The Balaban J connectivity index is 2.36. The summed E-state index contributed by atoms with van der Waals surface area (Å²) in [6.45, 7) is 8.76. The number of nitrogens with zero attached hydrogens (tertiary/aromatic N) is 2. The summed E-state index contributed by atoms with van der Waals surface area (Å²) in [5, 5.41) is 5.36. The molecule has 0 bridgehead atoms. The fourth-order valence-electron chi connectivity index (χ4n) is 2.47. The van der Waals surface area contributed by atoms with E-state index in [9.17, 15) is 0 Å². The van der Waals surface area contributed by atoms with Gasteiger partial charge in [0.25, 0.3) is 0 Å². The molecule has 0 aliphatic rings. The molecule has 0 aliphatic heterocycles. The maximum Gasteiger partial charge on any atom is 0.0677 e. The van der Waals surface area contributed by atoms with Crippen LogP contribution in [0.3, 0.4) is 0 Å². The van der Waals surface area contributed by atoms with Gasteiger partial charge in [0.05, 0.1) is 12.2 Å². The third-order valence-corrected chi connectivity index (χ3v) is 3.77. The highest BCUT2D eigenvalue weighted by molar-refractivity contribution is 6.31. The lowest BCUT2D eigenvalue weighted by Crippen LogP contribution is -2.09. The minimum Gasteiger partial charge on any atom is -0.324 e. The minimum absolute atomic E-state index is 0.00207. The van der Waals surface area contributed by atoms with E-state index in [1.165, 1.54) is 5.56 Å². The molecule has 0 radical (unpaired) electrons. The number of aryl methyl sites for hydroxylation is 2. The molecule has 0 saturated heterocycles. The predicted molar refractivity (Wildman–Crippen MR) is 79.6 cm³/mol. The Labute approximate surface area is 119 Å². The highest BCUT2D eigenvalue weighted by Crippen LogP contribution is 2.23. The van der Waals surface area contributed by atoms with Crippen LogP contribution >= 0.6 is 11.6 Å². The van der Waals surface area contributed by atoms with Crippen LogP contribution in [0.1, 0.15) is 41.0 Å². The Kier molecular flexibility index (Phi) is 3.97. The van der Waals surface area contributed by atoms with E-state index in [0.717, 1.165) is 27.5 Å². The average molecular weight is 278 g/mol. The molecule has 1 unspecified atom stereocenters. The molecule has 0 spiro atoms. The van der Waals surface area contributed by atoms with Gasteiger partial charge in [-0.15, -0.1) is 0 Å². The van der Waals surface area contributed by atoms with Crippen LogP contribution in [0.5, 0.6) is 0 Å². The lowest BCUT2D eigenvalue weighted by Gasteiger charge is -2.09. The van der Waals surface area contributed by atoms with Crippen molar-refractivity contribution in [1.29, 1.82) is 0 Å². The number of halogens is 1. The smallest absolute Gasteiger partial charge is 0.0677 e. The summed E-state index contributed by atoms with van der Waals surface area (Å²) in [5.41, 5.74) is 11.5. The van der Waals surface area contributed by atoms with Gasteiger partial charge in [0.1, 0.15) is 0 Å². The number of benzene rings is 1. The van der Waals surface area contributed by atoms with Crippen LogP contribution in [0, 0.1) is 20.8 Å². The quantitative estimate of drug-likeness (QED) is 0.933. The molecule has 1 aromatic heterocycles. The first kappa shape index (κ1) is 14.1. The van der Waals surface area contributed by atoms with Crippen LogP contribution in [0.15, 0.2) is 18.2 Å². The molecule has 19 heavy (non-hydrogen) atoms. The summed E-state index contributed by atoms with van der Waals surface area (Å²) in [4.78, 5) is 0. The molecule has 102 valence electrons. The largest absolute Gasteiger partial charge is 0.324 e. The van der Waals surface area contributed by atoms with Crippen LogP contribution in [0.4, 0.5) is 0 Å². The molecule has 0 aliphatic carbocycles. The van der Waals surface area contributed by atoms with Crippen LogP contribution in [-0.4, -0.2) is 9.78 Å². The fourth-order valence-corrected chi connectivity index (χ4v) is 2.76. The molecule has 2 rings (SSSR count). The topological polar surface area (TPSA) is 43.8 Å². The summed E-state index contributed by atoms with van der Waals surface area (Å²) in [6, 6.07) is 6.11. The van der Waals surface area contributed by atoms with Crippen molar-refractivity contribution < 1.29 is 0 Å². The Morgan fingerprint density at radius 1 is 1.32 bits per heavy atom. The van der Waals surface area contributed by atoms with Crippen molar-refractivity contribution in [2.45, 2.75) is 40.3 Å². The van der Waals surface area contributed by atoms with Gasteiger partial charge in [0.2, 0.25) is 0 Å². The highest BCUT2D eigenvalue weighted by atomic mass is 35.5. The van der Waals surface area contributed by atoms with Gasteiger partial charge in [-0.3, -0.25) is 4.68 Å². The first-order valence-corrected chi connectivity index (χ1v) is 6.82. The van der Waals surface area contributed by atoms with Crippen LogP contribution in [-0.2, 0) is 6.54 Å². The molecule has 3 nitrogen and oxygen atoms in total. The summed E-state index contributed by atoms with van der Waals surface area (Å²) in [7, 11) is 0. The van der Waals surface area contributed by atoms with Gasteiger partial charge in [-0.05, 0) is 44.9 Å². The van der Waals surface area contributed by atoms with Gasteiger partial charge < -0.3 is 5.73 Å². The lowest BCUT2D eigenvalue weighted by molar-refractivity contribution is 0.656. The lowest BCUT2D eigenvalue weighted by atomic mass is 10.1. The SMILES string of the molecule is Cc1ccc(Cn2nc(C)c(C(C)N)c2C)c(Cl)c1. The first-order valence-electron chi connectivity index (χ1n) is 6.44. The van der Waals surface area contributed by atoms with Gasteiger partial charge >= 0.3 is 0 Å². The second-order valence-corrected chi connectivity index (χ2v) is 5.53. The normalized spacial score (nSPS) is 12.7. The Bertz CT molecular complexity index is 600. The van der Waals surface area contributed by atoms with E-state index in [0.29, 0.717) is 6.54 Å². The van der Waals surface area contributed by atoms with Gasteiger partial charge in [-0.25, -0.2) is 0 Å². The second kappa shape index (κ2) is 5.35. The molecule has 1 atom stereocenters. The number of hydrogen-bond acceptors (Lipinski definition) is 2. The van der Waals surface area contributed by atoms with Gasteiger partial charge in [-0.2, -0.15) is 5.10 Å². The van der Waals surface area contributed by atoms with E-state index in [1.807, 2.05) is 31.5 Å². The second-order valence-electron chi connectivity index (χ2n) is 5.13. The number of aromatic nitrogens is 2. The van der Waals surface area contributed by atoms with Gasteiger partial charge in [0, 0.05) is 22.3 Å². The standard InChI is InChI=1S/C15H20ClN3/c1-9-5-6-13(14(16)7-9)8-19-12(4)15(10(2)17)11(3)18-19/h5-7,10H,8,17H2,1-4H3. The summed E-state index contributed by atoms with van der Waals surface area (Å²) in [5.74, 6) is 0. The first-order chi connectivity index (χ1) is 8.90. The molecule has 0 saturated carbocycles. The van der Waals surface area contributed by atoms with E-state index < -0.39 is 0 Å². The van der Waals surface area contributed by atoms with Crippen LogP contribution in [0.2, 0.25) is 5.02 Å². The molecule has 4 heteroatoms. The Morgan fingerprint density at radius 2 is 2.00 bits per heavy atom. The minimum atomic E-state index is 0.00207. The number of rotatable bonds is 3. The molecule has 0 amide bonds. The van der Waals surface area contributed by atoms with E-state index in [-0.39, 0.29) is 6.04 Å². The highest BCUT2D eigenvalue weighted by Gasteiger charge is 2.15. The van der Waals surface area contributed by atoms with Crippen molar-refractivity contribution in [3.05, 3.63) is 51.3 Å². The summed E-state index contributed by atoms with van der Waals surface area (Å²) in [6.07, 6.45) is 0. The average Bonchev–Trinajstić information content (AvgIpc) is 2.58. The number of nitrogens with two attached hydrogens (primary N) is 1.